The SMILES string of the molecule is C[C@@H]1O[C@H](CCl)[C@H](O)[C@@H]1O. The lowest BCUT2D eigenvalue weighted by molar-refractivity contribution is 0.0297. The fraction of sp³-hybridized carbons (Fsp3) is 1.00. The number of aliphatic hydroxyl groups excluding tert-OH is 2. The Morgan fingerprint density at radius 2 is 2.00 bits per heavy atom. The van der Waals surface area contributed by atoms with Crippen molar-refractivity contribution < 1.29 is 14.9 Å². The van der Waals surface area contributed by atoms with Gasteiger partial charge < -0.3 is 14.9 Å². The summed E-state index contributed by atoms with van der Waals surface area (Å²) in [6, 6.07) is 0. The van der Waals surface area contributed by atoms with Crippen LogP contribution in [0.4, 0.5) is 0 Å². The highest BCUT2D eigenvalue weighted by Crippen LogP contribution is 2.21. The summed E-state index contributed by atoms with van der Waals surface area (Å²) < 4.78 is 5.10. The maximum absolute atomic E-state index is 9.17. The van der Waals surface area contributed by atoms with Gasteiger partial charge in [0.25, 0.3) is 0 Å². The first-order valence-electron chi connectivity index (χ1n) is 3.24. The zero-order valence-corrected chi connectivity index (χ0v) is 6.45. The summed E-state index contributed by atoms with van der Waals surface area (Å²) in [5.74, 6) is 0.225. The summed E-state index contributed by atoms with van der Waals surface area (Å²) in [6.07, 6.45) is -2.33. The molecule has 0 aliphatic carbocycles. The minimum absolute atomic E-state index is 0.225. The highest BCUT2D eigenvalue weighted by atomic mass is 35.5. The largest absolute Gasteiger partial charge is 0.388 e. The van der Waals surface area contributed by atoms with Crippen LogP contribution in [0.25, 0.3) is 0 Å². The summed E-state index contributed by atoms with van der Waals surface area (Å²) >= 11 is 5.44. The number of rotatable bonds is 1. The van der Waals surface area contributed by atoms with E-state index in [-0.39, 0.29) is 12.0 Å². The third-order valence-corrected chi connectivity index (χ3v) is 2.06. The predicted molar refractivity (Wildman–Crippen MR) is 37.1 cm³/mol. The lowest BCUT2D eigenvalue weighted by Crippen LogP contribution is -2.32. The molecule has 3 nitrogen and oxygen atoms in total. The molecule has 1 heterocycles. The van der Waals surface area contributed by atoms with E-state index in [4.69, 9.17) is 26.6 Å². The van der Waals surface area contributed by atoms with Gasteiger partial charge in [0.1, 0.15) is 12.2 Å². The smallest absolute Gasteiger partial charge is 0.110 e. The molecule has 0 radical (unpaired) electrons. The average molecular weight is 167 g/mol. The Kier molecular flexibility index (Phi) is 2.52. The van der Waals surface area contributed by atoms with Crippen LogP contribution in [0.2, 0.25) is 0 Å². The molecule has 1 aliphatic rings. The summed E-state index contributed by atoms with van der Waals surface area (Å²) in [5.41, 5.74) is 0. The van der Waals surface area contributed by atoms with E-state index in [9.17, 15) is 0 Å². The van der Waals surface area contributed by atoms with Crippen molar-refractivity contribution in [2.24, 2.45) is 0 Å². The molecule has 0 bridgehead atoms. The highest BCUT2D eigenvalue weighted by molar-refractivity contribution is 6.18. The topological polar surface area (TPSA) is 49.7 Å². The molecule has 4 atom stereocenters. The summed E-state index contributed by atoms with van der Waals surface area (Å²) in [5, 5.41) is 18.3. The molecule has 4 heteroatoms. The number of hydrogen-bond donors (Lipinski definition) is 2. The molecule has 0 aromatic rings. The molecule has 0 saturated carbocycles. The second kappa shape index (κ2) is 3.05. The van der Waals surface area contributed by atoms with Crippen molar-refractivity contribution in [2.75, 3.05) is 5.88 Å². The molecule has 2 N–H and O–H groups in total. The van der Waals surface area contributed by atoms with E-state index < -0.39 is 18.3 Å². The van der Waals surface area contributed by atoms with Crippen molar-refractivity contribution >= 4 is 11.6 Å². The molecule has 1 saturated heterocycles. The number of halogens is 1. The predicted octanol–water partition coefficient (Wildman–Crippen LogP) is -0.266. The molecule has 0 amide bonds. The fourth-order valence-electron chi connectivity index (χ4n) is 1.06. The zero-order valence-electron chi connectivity index (χ0n) is 5.70. The van der Waals surface area contributed by atoms with E-state index in [2.05, 4.69) is 0 Å². The van der Waals surface area contributed by atoms with E-state index >= 15 is 0 Å². The van der Waals surface area contributed by atoms with Crippen molar-refractivity contribution in [1.29, 1.82) is 0 Å². The maximum atomic E-state index is 9.17. The Balaban J connectivity index is 2.53. The number of alkyl halides is 1. The Labute approximate surface area is 64.6 Å². The molecular formula is C6H11ClO3. The Morgan fingerprint density at radius 1 is 1.40 bits per heavy atom. The van der Waals surface area contributed by atoms with Crippen LogP contribution in [-0.4, -0.2) is 40.5 Å². The van der Waals surface area contributed by atoms with E-state index in [1.165, 1.54) is 0 Å². The van der Waals surface area contributed by atoms with Crippen molar-refractivity contribution in [3.8, 4) is 0 Å². The molecule has 1 fully saturated rings. The van der Waals surface area contributed by atoms with E-state index in [1.54, 1.807) is 6.92 Å². The Morgan fingerprint density at radius 3 is 2.20 bits per heavy atom. The van der Waals surface area contributed by atoms with Gasteiger partial charge in [-0.25, -0.2) is 0 Å². The molecule has 10 heavy (non-hydrogen) atoms. The minimum Gasteiger partial charge on any atom is -0.388 e. The quantitative estimate of drug-likeness (QED) is 0.528. The van der Waals surface area contributed by atoms with Crippen molar-refractivity contribution in [3.63, 3.8) is 0 Å². The van der Waals surface area contributed by atoms with Gasteiger partial charge in [-0.1, -0.05) is 0 Å². The number of ether oxygens (including phenoxy) is 1. The van der Waals surface area contributed by atoms with Crippen LogP contribution in [0.5, 0.6) is 0 Å². The van der Waals surface area contributed by atoms with Crippen LogP contribution in [0.15, 0.2) is 0 Å². The van der Waals surface area contributed by atoms with Crippen molar-refractivity contribution in [2.45, 2.75) is 31.3 Å². The summed E-state index contributed by atoms with van der Waals surface area (Å²) in [6.45, 7) is 1.71. The summed E-state index contributed by atoms with van der Waals surface area (Å²) in [4.78, 5) is 0. The van der Waals surface area contributed by atoms with Gasteiger partial charge in [-0.05, 0) is 6.92 Å². The molecule has 0 aromatic heterocycles. The monoisotopic (exact) mass is 166 g/mol. The van der Waals surface area contributed by atoms with Crippen LogP contribution in [-0.2, 0) is 4.74 Å². The third-order valence-electron chi connectivity index (χ3n) is 1.75. The summed E-state index contributed by atoms with van der Waals surface area (Å²) in [7, 11) is 0. The van der Waals surface area contributed by atoms with Crippen molar-refractivity contribution in [1.82, 2.24) is 0 Å². The van der Waals surface area contributed by atoms with Gasteiger partial charge in [-0.3, -0.25) is 0 Å². The second-order valence-electron chi connectivity index (χ2n) is 2.52. The van der Waals surface area contributed by atoms with Gasteiger partial charge in [-0.15, -0.1) is 11.6 Å². The van der Waals surface area contributed by atoms with E-state index in [0.717, 1.165) is 0 Å². The van der Waals surface area contributed by atoms with Crippen LogP contribution < -0.4 is 0 Å². The normalized spacial score (nSPS) is 48.0. The molecule has 60 valence electrons. The lowest BCUT2D eigenvalue weighted by atomic mass is 10.1. The average Bonchev–Trinajstić information content (AvgIpc) is 2.17. The van der Waals surface area contributed by atoms with Crippen LogP contribution >= 0.6 is 11.6 Å². The zero-order chi connectivity index (χ0) is 7.72. The van der Waals surface area contributed by atoms with Crippen LogP contribution in [0.3, 0.4) is 0 Å². The van der Waals surface area contributed by atoms with Gasteiger partial charge in [0.15, 0.2) is 0 Å². The first-order chi connectivity index (χ1) is 4.66. The molecule has 0 aromatic carbocycles. The maximum Gasteiger partial charge on any atom is 0.110 e. The molecule has 0 unspecified atom stereocenters. The fourth-order valence-corrected chi connectivity index (χ4v) is 1.32. The van der Waals surface area contributed by atoms with Gasteiger partial charge in [0, 0.05) is 0 Å². The first-order valence-corrected chi connectivity index (χ1v) is 3.78. The van der Waals surface area contributed by atoms with Crippen LogP contribution in [0.1, 0.15) is 6.92 Å². The lowest BCUT2D eigenvalue weighted by Gasteiger charge is -2.10. The van der Waals surface area contributed by atoms with E-state index in [0.29, 0.717) is 0 Å². The van der Waals surface area contributed by atoms with Gasteiger partial charge in [-0.2, -0.15) is 0 Å². The Hall–Kier alpha value is 0.170. The number of aliphatic hydroxyl groups is 2. The van der Waals surface area contributed by atoms with Crippen LogP contribution in [0, 0.1) is 0 Å². The molecule has 0 spiro atoms. The van der Waals surface area contributed by atoms with Gasteiger partial charge in [0.2, 0.25) is 0 Å². The van der Waals surface area contributed by atoms with Crippen molar-refractivity contribution in [3.05, 3.63) is 0 Å². The molecule has 1 rings (SSSR count). The van der Waals surface area contributed by atoms with E-state index in [1.807, 2.05) is 0 Å². The highest BCUT2D eigenvalue weighted by Gasteiger charge is 2.39. The Bertz CT molecular complexity index is 120. The molecular weight excluding hydrogens is 156 g/mol. The van der Waals surface area contributed by atoms with Gasteiger partial charge >= 0.3 is 0 Å². The van der Waals surface area contributed by atoms with Gasteiger partial charge in [0.05, 0.1) is 18.1 Å². The first kappa shape index (κ1) is 8.27. The third kappa shape index (κ3) is 1.27. The second-order valence-corrected chi connectivity index (χ2v) is 2.82. The number of hydrogen-bond acceptors (Lipinski definition) is 3. The molecule has 1 aliphatic heterocycles. The minimum atomic E-state index is -0.826. The standard InChI is InChI=1S/C6H11ClO3/c1-3-5(8)6(9)4(2-7)10-3/h3-6,8-9H,2H2,1H3/t3-,4+,5+,6-/m0/s1.